The van der Waals surface area contributed by atoms with E-state index in [1.165, 1.54) is 15.6 Å². The lowest BCUT2D eigenvalue weighted by atomic mass is 10.1. The third-order valence-corrected chi connectivity index (χ3v) is 7.03. The number of nitrogens with zero attached hydrogens (tertiary/aromatic N) is 1. The predicted molar refractivity (Wildman–Crippen MR) is 66.0 cm³/mol. The van der Waals surface area contributed by atoms with Crippen LogP contribution in [0, 0.1) is 0 Å². The lowest BCUT2D eigenvalue weighted by molar-refractivity contribution is 0.108. The Morgan fingerprint density at radius 2 is 2.31 bits per heavy atom. The van der Waals surface area contributed by atoms with Crippen LogP contribution in [0.4, 0.5) is 0 Å². The Bertz CT molecular complexity index is 471. The second-order valence-corrected chi connectivity index (χ2v) is 7.62. The summed E-state index contributed by atoms with van der Waals surface area (Å²) < 4.78 is 26.7. The van der Waals surface area contributed by atoms with Crippen molar-refractivity contribution in [3.8, 4) is 0 Å². The molecule has 1 saturated heterocycles. The third kappa shape index (κ3) is 2.33. The van der Waals surface area contributed by atoms with Crippen molar-refractivity contribution in [2.24, 2.45) is 0 Å². The highest BCUT2D eigenvalue weighted by Gasteiger charge is 2.31. The van der Waals surface area contributed by atoms with Gasteiger partial charge in [0.05, 0.1) is 6.10 Å². The fourth-order valence-corrected chi connectivity index (χ4v) is 5.69. The number of sulfonamides is 1. The Morgan fingerprint density at radius 3 is 2.88 bits per heavy atom. The Balaban J connectivity index is 2.29. The van der Waals surface area contributed by atoms with Gasteiger partial charge in [-0.1, -0.05) is 0 Å². The lowest BCUT2D eigenvalue weighted by Crippen LogP contribution is -2.41. The topological polar surface area (TPSA) is 57.6 Å². The van der Waals surface area contributed by atoms with Gasteiger partial charge in [-0.2, -0.15) is 4.31 Å². The molecule has 2 heterocycles. The number of hydrogen-bond acceptors (Lipinski definition) is 4. The molecule has 90 valence electrons. The fraction of sp³-hybridized carbons (Fsp3) is 0.556. The first kappa shape index (κ1) is 12.5. The minimum atomic E-state index is -3.44. The van der Waals surface area contributed by atoms with Crippen LogP contribution in [0.15, 0.2) is 20.1 Å². The molecule has 0 aromatic carbocycles. The Labute approximate surface area is 107 Å². The van der Waals surface area contributed by atoms with E-state index in [4.69, 9.17) is 0 Å². The number of β-amino-alcohol motifs (C(OH)–C–C–N with tert-alkyl or cyclic N) is 1. The van der Waals surface area contributed by atoms with E-state index in [9.17, 15) is 13.5 Å². The normalized spacial score (nSPS) is 23.5. The number of aliphatic hydroxyl groups excluding tert-OH is 1. The summed E-state index contributed by atoms with van der Waals surface area (Å²) in [5.74, 6) is 0. The van der Waals surface area contributed by atoms with Crippen LogP contribution in [0.2, 0.25) is 0 Å². The molecule has 1 fully saturated rings. The molecule has 4 nitrogen and oxygen atoms in total. The van der Waals surface area contributed by atoms with Crippen LogP contribution in [0.25, 0.3) is 0 Å². The molecule has 1 aromatic rings. The smallest absolute Gasteiger partial charge is 0.253 e. The van der Waals surface area contributed by atoms with Crippen LogP contribution in [0.1, 0.15) is 12.8 Å². The maximum atomic E-state index is 12.2. The summed E-state index contributed by atoms with van der Waals surface area (Å²) in [7, 11) is -3.44. The molecule has 0 bridgehead atoms. The highest BCUT2D eigenvalue weighted by molar-refractivity contribution is 9.10. The summed E-state index contributed by atoms with van der Waals surface area (Å²) in [5, 5.41) is 11.2. The quantitative estimate of drug-likeness (QED) is 0.899. The Kier molecular flexibility index (Phi) is 3.70. The summed E-state index contributed by atoms with van der Waals surface area (Å²) in [6.07, 6.45) is 0.850. The second kappa shape index (κ2) is 4.73. The van der Waals surface area contributed by atoms with Gasteiger partial charge in [0.1, 0.15) is 4.21 Å². The maximum Gasteiger partial charge on any atom is 0.253 e. The monoisotopic (exact) mass is 325 g/mol. The van der Waals surface area contributed by atoms with Crippen molar-refractivity contribution >= 4 is 37.3 Å². The van der Waals surface area contributed by atoms with Crippen LogP contribution < -0.4 is 0 Å². The number of piperidine rings is 1. The van der Waals surface area contributed by atoms with Gasteiger partial charge >= 0.3 is 0 Å². The summed E-state index contributed by atoms with van der Waals surface area (Å²) >= 11 is 4.42. The van der Waals surface area contributed by atoms with E-state index < -0.39 is 16.1 Å². The van der Waals surface area contributed by atoms with E-state index in [1.807, 2.05) is 0 Å². The van der Waals surface area contributed by atoms with Gasteiger partial charge in [0, 0.05) is 17.6 Å². The summed E-state index contributed by atoms with van der Waals surface area (Å²) in [6, 6.07) is 1.72. The van der Waals surface area contributed by atoms with Crippen molar-refractivity contribution in [1.29, 1.82) is 0 Å². The molecule has 16 heavy (non-hydrogen) atoms. The standard InChI is InChI=1S/C9H12BrNO3S2/c10-8-3-5-15-9(8)16(13,14)11-4-1-2-7(12)6-11/h3,5,7,12H,1-2,4,6H2. The zero-order valence-electron chi connectivity index (χ0n) is 8.47. The van der Waals surface area contributed by atoms with Crippen molar-refractivity contribution in [3.63, 3.8) is 0 Å². The van der Waals surface area contributed by atoms with Crippen LogP contribution in [-0.4, -0.2) is 37.0 Å². The first-order valence-electron chi connectivity index (χ1n) is 4.93. The number of thiophene rings is 1. The number of aliphatic hydroxyl groups is 1. The van der Waals surface area contributed by atoms with E-state index in [0.29, 0.717) is 28.1 Å². The van der Waals surface area contributed by atoms with Gasteiger partial charge in [0.2, 0.25) is 0 Å². The van der Waals surface area contributed by atoms with Crippen LogP contribution in [-0.2, 0) is 10.0 Å². The van der Waals surface area contributed by atoms with Gasteiger partial charge in [-0.15, -0.1) is 11.3 Å². The molecule has 1 atom stereocenters. The van der Waals surface area contributed by atoms with E-state index in [2.05, 4.69) is 15.9 Å². The maximum absolute atomic E-state index is 12.2. The summed E-state index contributed by atoms with van der Waals surface area (Å²) in [4.78, 5) is 0. The van der Waals surface area contributed by atoms with E-state index in [0.717, 1.165) is 0 Å². The van der Waals surface area contributed by atoms with Crippen molar-refractivity contribution in [1.82, 2.24) is 4.31 Å². The fourth-order valence-electron chi connectivity index (χ4n) is 1.72. The van der Waals surface area contributed by atoms with Gasteiger partial charge in [-0.05, 0) is 40.2 Å². The number of rotatable bonds is 2. The number of hydrogen-bond donors (Lipinski definition) is 1. The second-order valence-electron chi connectivity index (χ2n) is 3.72. The SMILES string of the molecule is O=S(=O)(c1sccc1Br)N1CCCC(O)C1. The first-order valence-corrected chi connectivity index (χ1v) is 8.04. The highest BCUT2D eigenvalue weighted by Crippen LogP contribution is 2.31. The third-order valence-electron chi connectivity index (χ3n) is 2.52. The van der Waals surface area contributed by atoms with E-state index in [1.54, 1.807) is 11.4 Å². The summed E-state index contributed by atoms with van der Waals surface area (Å²) in [6.45, 7) is 0.691. The molecule has 0 amide bonds. The summed E-state index contributed by atoms with van der Waals surface area (Å²) in [5.41, 5.74) is 0. The Hall–Kier alpha value is 0.0500. The van der Waals surface area contributed by atoms with Gasteiger partial charge in [-0.3, -0.25) is 0 Å². The van der Waals surface area contributed by atoms with Crippen LogP contribution in [0.3, 0.4) is 0 Å². The molecule has 0 radical (unpaired) electrons. The number of halogens is 1. The van der Waals surface area contributed by atoms with Crippen molar-refractivity contribution in [2.45, 2.75) is 23.2 Å². The average molecular weight is 326 g/mol. The minimum absolute atomic E-state index is 0.201. The van der Waals surface area contributed by atoms with Gasteiger partial charge < -0.3 is 5.11 Å². The molecule has 2 rings (SSSR count). The van der Waals surface area contributed by atoms with Gasteiger partial charge in [0.15, 0.2) is 0 Å². The zero-order valence-corrected chi connectivity index (χ0v) is 11.7. The molecular weight excluding hydrogens is 314 g/mol. The van der Waals surface area contributed by atoms with E-state index in [-0.39, 0.29) is 6.54 Å². The van der Waals surface area contributed by atoms with Crippen molar-refractivity contribution < 1.29 is 13.5 Å². The van der Waals surface area contributed by atoms with Gasteiger partial charge in [-0.25, -0.2) is 8.42 Å². The zero-order chi connectivity index (χ0) is 11.8. The lowest BCUT2D eigenvalue weighted by Gasteiger charge is -2.28. The molecule has 1 aliphatic rings. The van der Waals surface area contributed by atoms with Crippen molar-refractivity contribution in [2.75, 3.05) is 13.1 Å². The first-order chi connectivity index (χ1) is 7.51. The minimum Gasteiger partial charge on any atom is -0.392 e. The van der Waals surface area contributed by atoms with E-state index >= 15 is 0 Å². The molecule has 1 N–H and O–H groups in total. The van der Waals surface area contributed by atoms with Crippen molar-refractivity contribution in [3.05, 3.63) is 15.9 Å². The highest BCUT2D eigenvalue weighted by atomic mass is 79.9. The molecule has 1 aromatic heterocycles. The molecule has 1 unspecified atom stereocenters. The molecule has 0 spiro atoms. The predicted octanol–water partition coefficient (Wildman–Crippen LogP) is 1.66. The molecule has 0 aliphatic carbocycles. The van der Waals surface area contributed by atoms with Gasteiger partial charge in [0.25, 0.3) is 10.0 Å². The molecule has 7 heteroatoms. The average Bonchev–Trinajstić information content (AvgIpc) is 2.65. The molecular formula is C9H12BrNO3S2. The molecule has 1 aliphatic heterocycles. The largest absolute Gasteiger partial charge is 0.392 e. The van der Waals surface area contributed by atoms with Crippen LogP contribution >= 0.6 is 27.3 Å². The molecule has 0 saturated carbocycles. The van der Waals surface area contributed by atoms with Crippen LogP contribution in [0.5, 0.6) is 0 Å². The Morgan fingerprint density at radius 1 is 1.56 bits per heavy atom.